The Morgan fingerprint density at radius 1 is 0.500 bits per heavy atom. The van der Waals surface area contributed by atoms with Crippen molar-refractivity contribution in [1.82, 2.24) is 0 Å². The van der Waals surface area contributed by atoms with E-state index in [1.165, 1.54) is 44.3 Å². The first-order valence-electron chi connectivity index (χ1n) is 13.8. The summed E-state index contributed by atoms with van der Waals surface area (Å²) in [7, 11) is 0. The average Bonchev–Trinajstić information content (AvgIpc) is 3.52. The molecule has 7 aromatic rings. The summed E-state index contributed by atoms with van der Waals surface area (Å²) >= 11 is 0. The first kappa shape index (κ1) is 22.9. The molecule has 0 saturated carbocycles. The van der Waals surface area contributed by atoms with Crippen molar-refractivity contribution in [1.29, 1.82) is 0 Å². The van der Waals surface area contributed by atoms with Crippen molar-refractivity contribution in [2.75, 3.05) is 5.32 Å². The lowest BCUT2D eigenvalue weighted by Gasteiger charge is -2.28. The number of rotatable bonds is 4. The molecule has 40 heavy (non-hydrogen) atoms. The first-order valence-corrected chi connectivity index (χ1v) is 13.8. The zero-order chi connectivity index (χ0) is 26.7. The Hall–Kier alpha value is -5.08. The Kier molecular flexibility index (Phi) is 4.99. The van der Waals surface area contributed by atoms with Crippen molar-refractivity contribution in [2.45, 2.75) is 12.3 Å². The zero-order valence-electron chi connectivity index (χ0n) is 22.2. The van der Waals surface area contributed by atoms with Gasteiger partial charge in [-0.25, -0.2) is 0 Å². The maximum absolute atomic E-state index is 6.74. The van der Waals surface area contributed by atoms with Gasteiger partial charge < -0.3 is 9.73 Å². The average molecular weight is 514 g/mol. The number of fused-ring (bicyclic) bond motifs is 6. The van der Waals surface area contributed by atoms with Gasteiger partial charge in [-0.1, -0.05) is 109 Å². The molecule has 2 heteroatoms. The SMILES string of the molecule is CC1(c2ccc(-c3ccc(Nc4ccccc4)cc3)c3c2oc2ccccc23)c2ccccc2-c2ccccc21. The van der Waals surface area contributed by atoms with Gasteiger partial charge in [0.25, 0.3) is 0 Å². The van der Waals surface area contributed by atoms with E-state index in [2.05, 4.69) is 134 Å². The second-order valence-corrected chi connectivity index (χ2v) is 10.7. The minimum absolute atomic E-state index is 0.332. The maximum Gasteiger partial charge on any atom is 0.140 e. The second kappa shape index (κ2) is 8.72. The van der Waals surface area contributed by atoms with Crippen LogP contribution in [0.4, 0.5) is 11.4 Å². The van der Waals surface area contributed by atoms with Crippen molar-refractivity contribution in [3.8, 4) is 22.3 Å². The number of hydrogen-bond acceptors (Lipinski definition) is 2. The van der Waals surface area contributed by atoms with E-state index in [1.54, 1.807) is 0 Å². The van der Waals surface area contributed by atoms with Crippen LogP contribution in [0.15, 0.2) is 144 Å². The van der Waals surface area contributed by atoms with E-state index < -0.39 is 0 Å². The van der Waals surface area contributed by atoms with Gasteiger partial charge in [-0.3, -0.25) is 0 Å². The summed E-state index contributed by atoms with van der Waals surface area (Å²) < 4.78 is 6.74. The minimum Gasteiger partial charge on any atom is -0.456 e. The standard InChI is InChI=1S/C38H27NO/c1-38(32-16-8-5-13-29(32)30-14-6-9-17-33(30)38)34-24-23-28(36-31-15-7-10-18-35(31)40-37(34)36)25-19-21-27(22-20-25)39-26-11-3-2-4-12-26/h2-24,39H,1H3. The fraction of sp³-hybridized carbons (Fsp3) is 0.0526. The Bertz CT molecular complexity index is 1990. The Morgan fingerprint density at radius 3 is 1.82 bits per heavy atom. The molecule has 1 N–H and O–H groups in total. The number of hydrogen-bond donors (Lipinski definition) is 1. The van der Waals surface area contributed by atoms with E-state index in [1.807, 2.05) is 18.2 Å². The Morgan fingerprint density at radius 2 is 1.10 bits per heavy atom. The van der Waals surface area contributed by atoms with Crippen LogP contribution in [0.5, 0.6) is 0 Å². The Balaban J connectivity index is 1.34. The summed E-state index contributed by atoms with van der Waals surface area (Å²) in [6.45, 7) is 2.35. The molecular weight excluding hydrogens is 486 g/mol. The largest absolute Gasteiger partial charge is 0.456 e. The van der Waals surface area contributed by atoms with Crippen LogP contribution in [0.1, 0.15) is 23.6 Å². The van der Waals surface area contributed by atoms with Crippen molar-refractivity contribution >= 4 is 33.3 Å². The van der Waals surface area contributed by atoms with Gasteiger partial charge in [0, 0.05) is 33.1 Å². The Labute approximate surface area is 233 Å². The molecule has 0 aliphatic heterocycles. The summed E-state index contributed by atoms with van der Waals surface area (Å²) in [4.78, 5) is 0. The number of furan rings is 1. The van der Waals surface area contributed by atoms with Crippen molar-refractivity contribution in [3.63, 3.8) is 0 Å². The topological polar surface area (TPSA) is 25.2 Å². The third-order valence-electron chi connectivity index (χ3n) is 8.54. The van der Waals surface area contributed by atoms with Crippen LogP contribution >= 0.6 is 0 Å². The lowest BCUT2D eigenvalue weighted by Crippen LogP contribution is -2.22. The second-order valence-electron chi connectivity index (χ2n) is 10.7. The fourth-order valence-corrected chi connectivity index (χ4v) is 6.63. The van der Waals surface area contributed by atoms with Crippen molar-refractivity contribution in [3.05, 3.63) is 156 Å². The van der Waals surface area contributed by atoms with E-state index in [9.17, 15) is 0 Å². The molecule has 1 aromatic heterocycles. The summed E-state index contributed by atoms with van der Waals surface area (Å²) in [6.07, 6.45) is 0. The lowest BCUT2D eigenvalue weighted by molar-refractivity contribution is 0.638. The molecule has 1 aliphatic carbocycles. The predicted octanol–water partition coefficient (Wildman–Crippen LogP) is 10.3. The highest BCUT2D eigenvalue weighted by Gasteiger charge is 2.42. The van der Waals surface area contributed by atoms with Crippen LogP contribution in [-0.2, 0) is 5.41 Å². The summed E-state index contributed by atoms with van der Waals surface area (Å²) in [5, 5.41) is 5.81. The molecule has 8 rings (SSSR count). The first-order chi connectivity index (χ1) is 19.7. The summed E-state index contributed by atoms with van der Waals surface area (Å²) in [6, 6.07) is 49.6. The van der Waals surface area contributed by atoms with Crippen LogP contribution < -0.4 is 5.32 Å². The molecule has 0 atom stereocenters. The number of anilines is 2. The van der Waals surface area contributed by atoms with Crippen LogP contribution in [-0.4, -0.2) is 0 Å². The fourth-order valence-electron chi connectivity index (χ4n) is 6.63. The van der Waals surface area contributed by atoms with Gasteiger partial charge in [0.1, 0.15) is 11.2 Å². The van der Waals surface area contributed by atoms with Gasteiger partial charge in [0.2, 0.25) is 0 Å². The van der Waals surface area contributed by atoms with E-state index in [0.717, 1.165) is 27.9 Å². The van der Waals surface area contributed by atoms with Crippen LogP contribution in [0.3, 0.4) is 0 Å². The lowest BCUT2D eigenvalue weighted by atomic mass is 9.73. The monoisotopic (exact) mass is 513 g/mol. The third kappa shape index (κ3) is 3.29. The molecular formula is C38H27NO. The van der Waals surface area contributed by atoms with Gasteiger partial charge in [0.05, 0.1) is 0 Å². The highest BCUT2D eigenvalue weighted by molar-refractivity contribution is 6.14. The third-order valence-corrected chi connectivity index (χ3v) is 8.54. The number of nitrogens with one attached hydrogen (secondary N) is 1. The summed E-state index contributed by atoms with van der Waals surface area (Å²) in [5.41, 5.74) is 12.5. The van der Waals surface area contributed by atoms with Gasteiger partial charge in [-0.2, -0.15) is 0 Å². The van der Waals surface area contributed by atoms with Gasteiger partial charge >= 0.3 is 0 Å². The van der Waals surface area contributed by atoms with Crippen LogP contribution in [0, 0.1) is 0 Å². The number of para-hydroxylation sites is 2. The van der Waals surface area contributed by atoms with Gasteiger partial charge in [-0.15, -0.1) is 0 Å². The van der Waals surface area contributed by atoms with Gasteiger partial charge in [0.15, 0.2) is 0 Å². The smallest absolute Gasteiger partial charge is 0.140 e. The van der Waals surface area contributed by atoms with Crippen LogP contribution in [0.25, 0.3) is 44.2 Å². The molecule has 190 valence electrons. The van der Waals surface area contributed by atoms with Crippen LogP contribution in [0.2, 0.25) is 0 Å². The quantitative estimate of drug-likeness (QED) is 0.253. The molecule has 0 radical (unpaired) electrons. The highest BCUT2D eigenvalue weighted by Crippen LogP contribution is 2.54. The molecule has 0 bridgehead atoms. The predicted molar refractivity (Wildman–Crippen MR) is 166 cm³/mol. The molecule has 0 fully saturated rings. The van der Waals surface area contributed by atoms with E-state index in [4.69, 9.17) is 4.42 Å². The summed E-state index contributed by atoms with van der Waals surface area (Å²) in [5.74, 6) is 0. The van der Waals surface area contributed by atoms with E-state index >= 15 is 0 Å². The minimum atomic E-state index is -0.332. The maximum atomic E-state index is 6.74. The van der Waals surface area contributed by atoms with E-state index in [-0.39, 0.29) is 5.41 Å². The molecule has 0 spiro atoms. The molecule has 2 nitrogen and oxygen atoms in total. The molecule has 0 unspecified atom stereocenters. The normalized spacial score (nSPS) is 13.3. The number of benzene rings is 6. The van der Waals surface area contributed by atoms with Crippen molar-refractivity contribution < 1.29 is 4.42 Å². The van der Waals surface area contributed by atoms with Crippen molar-refractivity contribution in [2.24, 2.45) is 0 Å². The van der Waals surface area contributed by atoms with E-state index in [0.29, 0.717) is 0 Å². The highest BCUT2D eigenvalue weighted by atomic mass is 16.3. The molecule has 0 amide bonds. The molecule has 0 saturated heterocycles. The van der Waals surface area contributed by atoms with Gasteiger partial charge in [-0.05, 0) is 70.6 Å². The molecule has 6 aromatic carbocycles. The molecule has 1 heterocycles. The molecule has 1 aliphatic rings. The zero-order valence-corrected chi connectivity index (χ0v) is 22.2.